The van der Waals surface area contributed by atoms with Crippen molar-refractivity contribution in [1.82, 2.24) is 14.8 Å². The SMILES string of the molecule is CN(C)CCn1c(=O)oc2ccc(NC(=O)CCC3CCNCC3)cc21. The number of carbonyl (C=O) groups is 1. The van der Waals surface area contributed by atoms with Crippen LogP contribution in [0, 0.1) is 5.92 Å². The number of piperidine rings is 1. The Kier molecular flexibility index (Phi) is 6.11. The van der Waals surface area contributed by atoms with Gasteiger partial charge in [0.1, 0.15) is 0 Å². The van der Waals surface area contributed by atoms with Gasteiger partial charge in [-0.15, -0.1) is 0 Å². The summed E-state index contributed by atoms with van der Waals surface area (Å²) in [5.41, 5.74) is 1.96. The van der Waals surface area contributed by atoms with Crippen LogP contribution in [0.15, 0.2) is 27.4 Å². The van der Waals surface area contributed by atoms with E-state index in [2.05, 4.69) is 10.6 Å². The first-order valence-electron chi connectivity index (χ1n) is 9.31. The molecule has 0 saturated carbocycles. The first-order chi connectivity index (χ1) is 12.5. The van der Waals surface area contributed by atoms with E-state index in [1.807, 2.05) is 25.1 Å². The predicted octanol–water partition coefficient (Wildman–Crippen LogP) is 1.87. The number of rotatable bonds is 7. The largest absolute Gasteiger partial charge is 0.419 e. The average Bonchev–Trinajstić information content (AvgIpc) is 2.93. The molecule has 1 amide bonds. The second-order valence-corrected chi connectivity index (χ2v) is 7.29. The van der Waals surface area contributed by atoms with Gasteiger partial charge in [0, 0.05) is 25.2 Å². The van der Waals surface area contributed by atoms with Crippen LogP contribution in [0.3, 0.4) is 0 Å². The average molecular weight is 360 g/mol. The molecule has 0 spiro atoms. The van der Waals surface area contributed by atoms with Crippen molar-refractivity contribution in [2.24, 2.45) is 5.92 Å². The highest BCUT2D eigenvalue weighted by molar-refractivity contribution is 5.92. The minimum Gasteiger partial charge on any atom is -0.408 e. The molecule has 3 rings (SSSR count). The number of nitrogens with zero attached hydrogens (tertiary/aromatic N) is 2. The van der Waals surface area contributed by atoms with Crippen LogP contribution >= 0.6 is 0 Å². The third-order valence-electron chi connectivity index (χ3n) is 4.96. The summed E-state index contributed by atoms with van der Waals surface area (Å²) >= 11 is 0. The molecule has 0 unspecified atom stereocenters. The molecule has 1 fully saturated rings. The van der Waals surface area contributed by atoms with E-state index in [-0.39, 0.29) is 11.7 Å². The van der Waals surface area contributed by atoms with Crippen molar-refractivity contribution in [3.05, 3.63) is 28.7 Å². The number of nitrogens with one attached hydrogen (secondary N) is 2. The Morgan fingerprint density at radius 3 is 2.85 bits per heavy atom. The molecule has 26 heavy (non-hydrogen) atoms. The number of oxazole rings is 1. The monoisotopic (exact) mass is 360 g/mol. The molecule has 2 heterocycles. The second-order valence-electron chi connectivity index (χ2n) is 7.29. The Balaban J connectivity index is 1.64. The lowest BCUT2D eigenvalue weighted by atomic mass is 9.93. The minimum atomic E-state index is -0.365. The van der Waals surface area contributed by atoms with Crippen LogP contribution in [0.2, 0.25) is 0 Å². The van der Waals surface area contributed by atoms with E-state index in [4.69, 9.17) is 4.42 Å². The van der Waals surface area contributed by atoms with Gasteiger partial charge < -0.3 is 20.0 Å². The molecular weight excluding hydrogens is 332 g/mol. The molecule has 2 N–H and O–H groups in total. The fraction of sp³-hybridized carbons (Fsp3) is 0.579. The molecule has 0 radical (unpaired) electrons. The highest BCUT2D eigenvalue weighted by atomic mass is 16.4. The molecule has 1 aromatic heterocycles. The van der Waals surface area contributed by atoms with Crippen LogP contribution in [0.4, 0.5) is 5.69 Å². The van der Waals surface area contributed by atoms with Gasteiger partial charge in [-0.05, 0) is 70.6 Å². The number of fused-ring (bicyclic) bond motifs is 1. The minimum absolute atomic E-state index is 0.0218. The molecule has 0 aliphatic carbocycles. The maximum Gasteiger partial charge on any atom is 0.419 e. The van der Waals surface area contributed by atoms with Crippen molar-refractivity contribution in [2.45, 2.75) is 32.2 Å². The van der Waals surface area contributed by atoms with E-state index in [1.54, 1.807) is 16.7 Å². The molecule has 0 bridgehead atoms. The Hall–Kier alpha value is -2.12. The van der Waals surface area contributed by atoms with E-state index >= 15 is 0 Å². The highest BCUT2D eigenvalue weighted by Gasteiger charge is 2.15. The summed E-state index contributed by atoms with van der Waals surface area (Å²) in [7, 11) is 3.92. The standard InChI is InChI=1S/C19H28N4O3/c1-22(2)11-12-23-16-13-15(4-5-17(16)26-19(23)25)21-18(24)6-3-14-7-9-20-10-8-14/h4-5,13-14,20H,3,6-12H2,1-2H3,(H,21,24). The molecular formula is C19H28N4O3. The van der Waals surface area contributed by atoms with Gasteiger partial charge in [0.05, 0.1) is 5.52 Å². The molecule has 7 heteroatoms. The van der Waals surface area contributed by atoms with Gasteiger partial charge in [-0.3, -0.25) is 9.36 Å². The fourth-order valence-corrected chi connectivity index (χ4v) is 3.38. The molecule has 1 saturated heterocycles. The number of hydrogen-bond acceptors (Lipinski definition) is 5. The predicted molar refractivity (Wildman–Crippen MR) is 102 cm³/mol. The van der Waals surface area contributed by atoms with E-state index in [0.717, 1.165) is 38.9 Å². The number of aromatic nitrogens is 1. The Bertz CT molecular complexity index is 803. The molecule has 1 aliphatic rings. The van der Waals surface area contributed by atoms with Crippen LogP contribution in [0.25, 0.3) is 11.1 Å². The number of benzene rings is 1. The van der Waals surface area contributed by atoms with Crippen molar-refractivity contribution < 1.29 is 9.21 Å². The van der Waals surface area contributed by atoms with E-state index < -0.39 is 0 Å². The maximum absolute atomic E-state index is 12.3. The first kappa shape index (κ1) is 18.7. The number of hydrogen-bond donors (Lipinski definition) is 2. The topological polar surface area (TPSA) is 79.5 Å². The molecule has 142 valence electrons. The van der Waals surface area contributed by atoms with Crippen LogP contribution < -0.4 is 16.4 Å². The first-order valence-corrected chi connectivity index (χ1v) is 9.31. The van der Waals surface area contributed by atoms with Gasteiger partial charge in [-0.1, -0.05) is 0 Å². The summed E-state index contributed by atoms with van der Waals surface area (Å²) < 4.78 is 6.90. The summed E-state index contributed by atoms with van der Waals surface area (Å²) in [6.07, 6.45) is 3.75. The summed E-state index contributed by atoms with van der Waals surface area (Å²) in [4.78, 5) is 26.3. The Morgan fingerprint density at radius 1 is 1.35 bits per heavy atom. The van der Waals surface area contributed by atoms with Crippen molar-refractivity contribution in [3.63, 3.8) is 0 Å². The van der Waals surface area contributed by atoms with Crippen LogP contribution in [0.5, 0.6) is 0 Å². The van der Waals surface area contributed by atoms with Crippen LogP contribution in [-0.4, -0.2) is 49.1 Å². The lowest BCUT2D eigenvalue weighted by Crippen LogP contribution is -2.28. The quantitative estimate of drug-likeness (QED) is 0.788. The van der Waals surface area contributed by atoms with Gasteiger partial charge in [-0.2, -0.15) is 0 Å². The third kappa shape index (κ3) is 4.74. The Labute approximate surface area is 153 Å². The van der Waals surface area contributed by atoms with Crippen molar-refractivity contribution in [1.29, 1.82) is 0 Å². The molecule has 0 atom stereocenters. The van der Waals surface area contributed by atoms with Gasteiger partial charge in [0.2, 0.25) is 5.91 Å². The maximum atomic E-state index is 12.3. The molecule has 1 aliphatic heterocycles. The number of anilines is 1. The van der Waals surface area contributed by atoms with E-state index in [1.165, 1.54) is 0 Å². The fourth-order valence-electron chi connectivity index (χ4n) is 3.38. The normalized spacial score (nSPS) is 15.7. The number of carbonyl (C=O) groups excluding carboxylic acids is 1. The van der Waals surface area contributed by atoms with Crippen LogP contribution in [0.1, 0.15) is 25.7 Å². The molecule has 1 aromatic carbocycles. The third-order valence-corrected chi connectivity index (χ3v) is 4.96. The summed E-state index contributed by atoms with van der Waals surface area (Å²) in [6.45, 7) is 3.38. The van der Waals surface area contributed by atoms with Crippen LogP contribution in [-0.2, 0) is 11.3 Å². The van der Waals surface area contributed by atoms with Crippen molar-refractivity contribution in [2.75, 3.05) is 39.0 Å². The van der Waals surface area contributed by atoms with Crippen molar-refractivity contribution >= 4 is 22.7 Å². The van der Waals surface area contributed by atoms with Gasteiger partial charge in [-0.25, -0.2) is 4.79 Å². The summed E-state index contributed by atoms with van der Waals surface area (Å²) in [6, 6.07) is 5.34. The number of amides is 1. The summed E-state index contributed by atoms with van der Waals surface area (Å²) in [5, 5.41) is 6.30. The molecule has 7 nitrogen and oxygen atoms in total. The lowest BCUT2D eigenvalue weighted by molar-refractivity contribution is -0.116. The van der Waals surface area contributed by atoms with Gasteiger partial charge in [0.25, 0.3) is 0 Å². The zero-order chi connectivity index (χ0) is 18.5. The molecule has 2 aromatic rings. The zero-order valence-corrected chi connectivity index (χ0v) is 15.6. The highest BCUT2D eigenvalue weighted by Crippen LogP contribution is 2.21. The number of likely N-dealkylation sites (N-methyl/N-ethyl adjacent to an activating group) is 1. The van der Waals surface area contributed by atoms with Crippen molar-refractivity contribution in [3.8, 4) is 0 Å². The van der Waals surface area contributed by atoms with Gasteiger partial charge in [0.15, 0.2) is 5.58 Å². The Morgan fingerprint density at radius 2 is 2.12 bits per heavy atom. The zero-order valence-electron chi connectivity index (χ0n) is 15.6. The second kappa shape index (κ2) is 8.51. The smallest absolute Gasteiger partial charge is 0.408 e. The lowest BCUT2D eigenvalue weighted by Gasteiger charge is -2.22. The van der Waals surface area contributed by atoms with E-state index in [0.29, 0.717) is 35.7 Å². The summed E-state index contributed by atoms with van der Waals surface area (Å²) in [5.74, 6) is 0.291. The van der Waals surface area contributed by atoms with E-state index in [9.17, 15) is 9.59 Å². The van der Waals surface area contributed by atoms with Gasteiger partial charge >= 0.3 is 5.76 Å².